The molecule has 0 aliphatic heterocycles. The van der Waals surface area contributed by atoms with Crippen LogP contribution in [-0.2, 0) is 4.79 Å². The number of hydrogen-bond donors (Lipinski definition) is 1. The van der Waals surface area contributed by atoms with E-state index in [2.05, 4.69) is 24.4 Å². The first kappa shape index (κ1) is 18.5. The first-order chi connectivity index (χ1) is 12.1. The molecule has 0 aliphatic rings. The van der Waals surface area contributed by atoms with Gasteiger partial charge in [0.1, 0.15) is 11.5 Å². The maximum Gasteiger partial charge on any atom is 0.277 e. The summed E-state index contributed by atoms with van der Waals surface area (Å²) in [6.07, 6.45) is 1.56. The fraction of sp³-hybridized carbons (Fsp3) is 0.300. The number of rotatable bonds is 8. The Bertz CT molecular complexity index is 709. The highest BCUT2D eigenvalue weighted by Crippen LogP contribution is 2.18. The lowest BCUT2D eigenvalue weighted by atomic mass is 10.0. The Labute approximate surface area is 148 Å². The average Bonchev–Trinajstić information content (AvgIpc) is 2.62. The van der Waals surface area contributed by atoms with Crippen LogP contribution in [0.2, 0.25) is 0 Å². The molecule has 2 aromatic rings. The number of carbonyl (C=O) groups excluding carboxylic acids is 1. The van der Waals surface area contributed by atoms with Crippen molar-refractivity contribution >= 4 is 12.1 Å². The Morgan fingerprint density at radius 2 is 1.84 bits per heavy atom. The first-order valence-corrected chi connectivity index (χ1v) is 8.36. The number of amides is 1. The monoisotopic (exact) mass is 340 g/mol. The second kappa shape index (κ2) is 9.47. The molecular formula is C20H24N2O3. The molecule has 0 bridgehead atoms. The standard InChI is InChI=1S/C20H24N2O3/c1-4-24-19-8-6-5-7-17(19)13-21-22-20(23)14-25-18-11-9-16(10-12-18)15(2)3/h5-13,15H,4,14H2,1-3H3,(H,22,23)/b21-13-. The molecule has 2 rings (SSSR count). The third-order valence-corrected chi connectivity index (χ3v) is 3.53. The zero-order chi connectivity index (χ0) is 18.1. The lowest BCUT2D eigenvalue weighted by Crippen LogP contribution is -2.24. The van der Waals surface area contributed by atoms with Crippen molar-refractivity contribution in [3.63, 3.8) is 0 Å². The fourth-order valence-electron chi connectivity index (χ4n) is 2.18. The zero-order valence-corrected chi connectivity index (χ0v) is 14.9. The molecule has 5 nitrogen and oxygen atoms in total. The van der Waals surface area contributed by atoms with Crippen molar-refractivity contribution in [3.05, 3.63) is 59.7 Å². The number of hydrazone groups is 1. The van der Waals surface area contributed by atoms with Crippen molar-refractivity contribution in [1.82, 2.24) is 5.43 Å². The quantitative estimate of drug-likeness (QED) is 0.588. The topological polar surface area (TPSA) is 59.9 Å². The van der Waals surface area contributed by atoms with Crippen LogP contribution >= 0.6 is 0 Å². The summed E-state index contributed by atoms with van der Waals surface area (Å²) in [7, 11) is 0. The normalized spacial score (nSPS) is 10.9. The Morgan fingerprint density at radius 3 is 2.52 bits per heavy atom. The van der Waals surface area contributed by atoms with E-state index in [4.69, 9.17) is 9.47 Å². The molecule has 0 atom stereocenters. The first-order valence-electron chi connectivity index (χ1n) is 8.36. The van der Waals surface area contributed by atoms with Gasteiger partial charge in [0, 0.05) is 5.56 Å². The van der Waals surface area contributed by atoms with E-state index in [0.717, 1.165) is 11.3 Å². The molecule has 0 saturated heterocycles. The van der Waals surface area contributed by atoms with Gasteiger partial charge in [-0.05, 0) is 42.7 Å². The van der Waals surface area contributed by atoms with Gasteiger partial charge in [-0.1, -0.05) is 38.1 Å². The van der Waals surface area contributed by atoms with E-state index in [1.165, 1.54) is 5.56 Å². The molecule has 132 valence electrons. The molecule has 25 heavy (non-hydrogen) atoms. The van der Waals surface area contributed by atoms with E-state index in [1.807, 2.05) is 55.5 Å². The third kappa shape index (κ3) is 5.95. The predicted molar refractivity (Wildman–Crippen MR) is 99.4 cm³/mol. The van der Waals surface area contributed by atoms with Crippen molar-refractivity contribution in [2.45, 2.75) is 26.7 Å². The molecular weight excluding hydrogens is 316 g/mol. The Hall–Kier alpha value is -2.82. The molecule has 0 fully saturated rings. The lowest BCUT2D eigenvalue weighted by Gasteiger charge is -2.08. The molecule has 1 amide bonds. The largest absolute Gasteiger partial charge is 0.493 e. The molecule has 2 aromatic carbocycles. The highest BCUT2D eigenvalue weighted by atomic mass is 16.5. The zero-order valence-electron chi connectivity index (χ0n) is 14.9. The van der Waals surface area contributed by atoms with E-state index in [0.29, 0.717) is 18.3 Å². The molecule has 0 saturated carbocycles. The predicted octanol–water partition coefficient (Wildman–Crippen LogP) is 3.74. The van der Waals surface area contributed by atoms with Crippen LogP contribution < -0.4 is 14.9 Å². The van der Waals surface area contributed by atoms with Crippen LogP contribution in [0.5, 0.6) is 11.5 Å². The van der Waals surface area contributed by atoms with Gasteiger partial charge in [-0.2, -0.15) is 5.10 Å². The van der Waals surface area contributed by atoms with E-state index < -0.39 is 0 Å². The molecule has 0 heterocycles. The number of nitrogens with zero attached hydrogens (tertiary/aromatic N) is 1. The van der Waals surface area contributed by atoms with E-state index >= 15 is 0 Å². The van der Waals surface area contributed by atoms with Crippen LogP contribution in [-0.4, -0.2) is 25.3 Å². The highest BCUT2D eigenvalue weighted by Gasteiger charge is 2.04. The van der Waals surface area contributed by atoms with Crippen molar-refractivity contribution in [3.8, 4) is 11.5 Å². The summed E-state index contributed by atoms with van der Waals surface area (Å²) in [5, 5.41) is 3.95. The van der Waals surface area contributed by atoms with Gasteiger partial charge in [0.05, 0.1) is 12.8 Å². The Balaban J connectivity index is 1.82. The van der Waals surface area contributed by atoms with Gasteiger partial charge >= 0.3 is 0 Å². The van der Waals surface area contributed by atoms with Gasteiger partial charge in [0.15, 0.2) is 6.61 Å². The van der Waals surface area contributed by atoms with E-state index in [-0.39, 0.29) is 12.5 Å². The van der Waals surface area contributed by atoms with Crippen molar-refractivity contribution in [2.24, 2.45) is 5.10 Å². The second-order valence-electron chi connectivity index (χ2n) is 5.78. The van der Waals surface area contributed by atoms with Gasteiger partial charge in [0.2, 0.25) is 0 Å². The maximum absolute atomic E-state index is 11.8. The summed E-state index contributed by atoms with van der Waals surface area (Å²) < 4.78 is 11.0. The second-order valence-corrected chi connectivity index (χ2v) is 5.78. The summed E-state index contributed by atoms with van der Waals surface area (Å²) >= 11 is 0. The molecule has 0 radical (unpaired) electrons. The van der Waals surface area contributed by atoms with E-state index in [9.17, 15) is 4.79 Å². The Morgan fingerprint density at radius 1 is 1.12 bits per heavy atom. The number of ether oxygens (including phenoxy) is 2. The summed E-state index contributed by atoms with van der Waals surface area (Å²) in [6, 6.07) is 15.2. The molecule has 5 heteroatoms. The maximum atomic E-state index is 11.8. The summed E-state index contributed by atoms with van der Waals surface area (Å²) in [4.78, 5) is 11.8. The third-order valence-electron chi connectivity index (χ3n) is 3.53. The number of para-hydroxylation sites is 1. The minimum atomic E-state index is -0.321. The lowest BCUT2D eigenvalue weighted by molar-refractivity contribution is -0.123. The Kier molecular flexibility index (Phi) is 7.01. The van der Waals surface area contributed by atoms with Crippen molar-refractivity contribution < 1.29 is 14.3 Å². The number of benzene rings is 2. The van der Waals surface area contributed by atoms with Gasteiger partial charge in [-0.15, -0.1) is 0 Å². The highest BCUT2D eigenvalue weighted by molar-refractivity contribution is 5.85. The minimum absolute atomic E-state index is 0.0918. The van der Waals surface area contributed by atoms with Crippen molar-refractivity contribution in [1.29, 1.82) is 0 Å². The molecule has 0 spiro atoms. The fourth-order valence-corrected chi connectivity index (χ4v) is 2.18. The van der Waals surface area contributed by atoms with Crippen LogP contribution in [0.1, 0.15) is 37.8 Å². The van der Waals surface area contributed by atoms with Crippen molar-refractivity contribution in [2.75, 3.05) is 13.2 Å². The molecule has 1 N–H and O–H groups in total. The van der Waals surface area contributed by atoms with E-state index in [1.54, 1.807) is 6.21 Å². The molecule has 0 aromatic heterocycles. The van der Waals surface area contributed by atoms with Gasteiger partial charge in [-0.25, -0.2) is 5.43 Å². The van der Waals surface area contributed by atoms with Crippen LogP contribution in [0.3, 0.4) is 0 Å². The smallest absolute Gasteiger partial charge is 0.277 e. The van der Waals surface area contributed by atoms with Crippen LogP contribution in [0.15, 0.2) is 53.6 Å². The number of nitrogens with one attached hydrogen (secondary N) is 1. The minimum Gasteiger partial charge on any atom is -0.493 e. The van der Waals surface area contributed by atoms with Gasteiger partial charge < -0.3 is 9.47 Å². The molecule has 0 unspecified atom stereocenters. The number of hydrogen-bond acceptors (Lipinski definition) is 4. The van der Waals surface area contributed by atoms with Gasteiger partial charge in [-0.3, -0.25) is 4.79 Å². The summed E-state index contributed by atoms with van der Waals surface area (Å²) in [5.74, 6) is 1.53. The summed E-state index contributed by atoms with van der Waals surface area (Å²) in [5.41, 5.74) is 4.48. The average molecular weight is 340 g/mol. The van der Waals surface area contributed by atoms with Crippen LogP contribution in [0.4, 0.5) is 0 Å². The van der Waals surface area contributed by atoms with Crippen LogP contribution in [0, 0.1) is 0 Å². The number of carbonyl (C=O) groups is 1. The van der Waals surface area contributed by atoms with Gasteiger partial charge in [0.25, 0.3) is 5.91 Å². The van der Waals surface area contributed by atoms with Crippen LogP contribution in [0.25, 0.3) is 0 Å². The SMILES string of the molecule is CCOc1ccccc1/C=N\NC(=O)COc1ccc(C(C)C)cc1. The summed E-state index contributed by atoms with van der Waals surface area (Å²) in [6.45, 7) is 6.66. The molecule has 0 aliphatic carbocycles.